The van der Waals surface area contributed by atoms with Gasteiger partial charge < -0.3 is 10.2 Å². The molecule has 2 aromatic carbocycles. The van der Waals surface area contributed by atoms with Gasteiger partial charge in [-0.15, -0.1) is 0 Å². The van der Waals surface area contributed by atoms with E-state index in [1.54, 1.807) is 0 Å². The average molecular weight is 282 g/mol. The highest BCUT2D eigenvalue weighted by Gasteiger charge is 2.06. The van der Waals surface area contributed by atoms with E-state index >= 15 is 0 Å². The van der Waals surface area contributed by atoms with E-state index in [1.165, 1.54) is 16.7 Å². The number of aryl methyl sites for hydroxylation is 1. The summed E-state index contributed by atoms with van der Waals surface area (Å²) >= 11 is 0. The third-order valence-corrected chi connectivity index (χ3v) is 3.62. The highest BCUT2D eigenvalue weighted by atomic mass is 15.1. The van der Waals surface area contributed by atoms with Crippen molar-refractivity contribution in [3.8, 4) is 0 Å². The van der Waals surface area contributed by atoms with E-state index in [4.69, 9.17) is 0 Å². The first-order chi connectivity index (χ1) is 10.1. The van der Waals surface area contributed by atoms with Crippen molar-refractivity contribution in [2.24, 2.45) is 0 Å². The summed E-state index contributed by atoms with van der Waals surface area (Å²) in [4.78, 5) is 2.36. The summed E-state index contributed by atoms with van der Waals surface area (Å²) in [6, 6.07) is 19.8. The van der Waals surface area contributed by atoms with Crippen LogP contribution in [0.25, 0.3) is 0 Å². The molecule has 0 amide bonds. The number of benzene rings is 2. The molecule has 0 aliphatic rings. The maximum atomic E-state index is 3.60. The van der Waals surface area contributed by atoms with Gasteiger partial charge in [-0.1, -0.05) is 60.2 Å². The second kappa shape index (κ2) is 7.96. The smallest absolute Gasteiger partial charge is 0.0231 e. The number of hydrogen-bond acceptors (Lipinski definition) is 2. The zero-order valence-electron chi connectivity index (χ0n) is 13.3. The van der Waals surface area contributed by atoms with Crippen molar-refractivity contribution in [3.05, 3.63) is 71.3 Å². The minimum Gasteiger partial charge on any atom is -0.309 e. The molecule has 0 bridgehead atoms. The molecule has 112 valence electrons. The Morgan fingerprint density at radius 1 is 1.00 bits per heavy atom. The van der Waals surface area contributed by atoms with Crippen molar-refractivity contribution < 1.29 is 0 Å². The van der Waals surface area contributed by atoms with Crippen molar-refractivity contribution in [2.45, 2.75) is 33.0 Å². The summed E-state index contributed by atoms with van der Waals surface area (Å²) in [6.45, 7) is 7.36. The molecule has 0 fully saturated rings. The Morgan fingerprint density at radius 2 is 1.71 bits per heavy atom. The molecule has 2 heteroatoms. The van der Waals surface area contributed by atoms with Crippen LogP contribution in [0.4, 0.5) is 0 Å². The van der Waals surface area contributed by atoms with Gasteiger partial charge in [0.15, 0.2) is 0 Å². The highest BCUT2D eigenvalue weighted by molar-refractivity contribution is 5.22. The summed E-state index contributed by atoms with van der Waals surface area (Å²) in [5.74, 6) is 0. The zero-order valence-corrected chi connectivity index (χ0v) is 13.3. The van der Waals surface area contributed by atoms with E-state index in [0.29, 0.717) is 6.04 Å². The molecule has 2 nitrogen and oxygen atoms in total. The van der Waals surface area contributed by atoms with Gasteiger partial charge in [0.2, 0.25) is 0 Å². The predicted octanol–water partition coefficient (Wildman–Crippen LogP) is 3.61. The topological polar surface area (TPSA) is 15.3 Å². The third kappa shape index (κ3) is 5.70. The van der Waals surface area contributed by atoms with Crippen molar-refractivity contribution >= 4 is 0 Å². The van der Waals surface area contributed by atoms with Crippen LogP contribution in [-0.4, -0.2) is 24.5 Å². The fourth-order valence-electron chi connectivity index (χ4n) is 2.61. The summed E-state index contributed by atoms with van der Waals surface area (Å²) in [5.41, 5.74) is 4.04. The summed E-state index contributed by atoms with van der Waals surface area (Å²) in [7, 11) is 2.18. The van der Waals surface area contributed by atoms with Gasteiger partial charge in [-0.3, -0.25) is 0 Å². The number of nitrogens with one attached hydrogen (secondary N) is 1. The van der Waals surface area contributed by atoms with Crippen LogP contribution in [0.3, 0.4) is 0 Å². The van der Waals surface area contributed by atoms with Gasteiger partial charge in [0.25, 0.3) is 0 Å². The molecule has 1 unspecified atom stereocenters. The Balaban J connectivity index is 1.75. The Kier molecular flexibility index (Phi) is 5.97. The van der Waals surface area contributed by atoms with Gasteiger partial charge >= 0.3 is 0 Å². The predicted molar refractivity (Wildman–Crippen MR) is 90.3 cm³/mol. The lowest BCUT2D eigenvalue weighted by atomic mass is 10.1. The van der Waals surface area contributed by atoms with E-state index in [-0.39, 0.29) is 0 Å². The van der Waals surface area contributed by atoms with Crippen molar-refractivity contribution in [1.82, 2.24) is 10.2 Å². The molecule has 1 N–H and O–H groups in total. The lowest BCUT2D eigenvalue weighted by Crippen LogP contribution is -2.36. The van der Waals surface area contributed by atoms with Crippen LogP contribution in [0.15, 0.2) is 54.6 Å². The van der Waals surface area contributed by atoms with Gasteiger partial charge in [-0.2, -0.15) is 0 Å². The summed E-state index contributed by atoms with van der Waals surface area (Å²) in [6.07, 6.45) is 0. The van der Waals surface area contributed by atoms with Crippen LogP contribution in [0.5, 0.6) is 0 Å². The van der Waals surface area contributed by atoms with E-state index in [2.05, 4.69) is 85.7 Å². The summed E-state index contributed by atoms with van der Waals surface area (Å²) in [5, 5.41) is 3.60. The quantitative estimate of drug-likeness (QED) is 0.834. The molecular formula is C19H26N2. The fourth-order valence-corrected chi connectivity index (χ4v) is 2.61. The van der Waals surface area contributed by atoms with Crippen LogP contribution in [0.2, 0.25) is 0 Å². The largest absolute Gasteiger partial charge is 0.309 e. The van der Waals surface area contributed by atoms with Gasteiger partial charge in [0, 0.05) is 25.7 Å². The van der Waals surface area contributed by atoms with Crippen LogP contribution < -0.4 is 5.32 Å². The van der Waals surface area contributed by atoms with Gasteiger partial charge in [-0.25, -0.2) is 0 Å². The molecule has 0 aliphatic heterocycles. The van der Waals surface area contributed by atoms with E-state index in [1.807, 2.05) is 0 Å². The van der Waals surface area contributed by atoms with Gasteiger partial charge in [-0.05, 0) is 32.0 Å². The molecule has 0 radical (unpaired) electrons. The average Bonchev–Trinajstić information content (AvgIpc) is 2.46. The molecular weight excluding hydrogens is 256 g/mol. The lowest BCUT2D eigenvalue weighted by Gasteiger charge is -2.22. The third-order valence-electron chi connectivity index (χ3n) is 3.62. The SMILES string of the molecule is Cc1cccc(CNC(C)CN(C)Cc2ccccc2)c1. The number of likely N-dealkylation sites (N-methyl/N-ethyl adjacent to an activating group) is 1. The molecule has 0 aromatic heterocycles. The van der Waals surface area contributed by atoms with Gasteiger partial charge in [0.05, 0.1) is 0 Å². The maximum absolute atomic E-state index is 3.60. The van der Waals surface area contributed by atoms with Crippen molar-refractivity contribution in [3.63, 3.8) is 0 Å². The number of rotatable bonds is 7. The van der Waals surface area contributed by atoms with Crippen LogP contribution in [0.1, 0.15) is 23.6 Å². The fraction of sp³-hybridized carbons (Fsp3) is 0.368. The second-order valence-corrected chi connectivity index (χ2v) is 5.95. The monoisotopic (exact) mass is 282 g/mol. The molecule has 1 atom stereocenters. The van der Waals surface area contributed by atoms with Crippen LogP contribution in [-0.2, 0) is 13.1 Å². The molecule has 0 saturated heterocycles. The minimum atomic E-state index is 0.472. The molecule has 0 heterocycles. The Hall–Kier alpha value is -1.64. The highest BCUT2D eigenvalue weighted by Crippen LogP contribution is 2.05. The van der Waals surface area contributed by atoms with E-state index in [0.717, 1.165) is 19.6 Å². The second-order valence-electron chi connectivity index (χ2n) is 5.95. The Bertz CT molecular complexity index is 536. The summed E-state index contributed by atoms with van der Waals surface area (Å²) < 4.78 is 0. The van der Waals surface area contributed by atoms with Crippen LogP contribution >= 0.6 is 0 Å². The minimum absolute atomic E-state index is 0.472. The Labute approximate surface area is 128 Å². The van der Waals surface area contributed by atoms with Gasteiger partial charge in [0.1, 0.15) is 0 Å². The van der Waals surface area contributed by atoms with Crippen molar-refractivity contribution in [2.75, 3.05) is 13.6 Å². The number of nitrogens with zero attached hydrogens (tertiary/aromatic N) is 1. The van der Waals surface area contributed by atoms with Crippen molar-refractivity contribution in [1.29, 1.82) is 0 Å². The van der Waals surface area contributed by atoms with E-state index < -0.39 is 0 Å². The first-order valence-electron chi connectivity index (χ1n) is 7.65. The molecule has 0 saturated carbocycles. The van der Waals surface area contributed by atoms with E-state index in [9.17, 15) is 0 Å². The standard InChI is InChI=1S/C19H26N2/c1-16-8-7-11-19(12-16)13-20-17(2)14-21(3)15-18-9-5-4-6-10-18/h4-12,17,20H,13-15H2,1-3H3. The molecule has 21 heavy (non-hydrogen) atoms. The molecule has 0 aliphatic carbocycles. The lowest BCUT2D eigenvalue weighted by molar-refractivity contribution is 0.289. The molecule has 2 rings (SSSR count). The normalized spacial score (nSPS) is 12.6. The Morgan fingerprint density at radius 3 is 2.43 bits per heavy atom. The maximum Gasteiger partial charge on any atom is 0.0231 e. The first-order valence-corrected chi connectivity index (χ1v) is 7.65. The molecule has 0 spiro atoms. The molecule has 2 aromatic rings. The zero-order chi connectivity index (χ0) is 15.1. The number of hydrogen-bond donors (Lipinski definition) is 1. The van der Waals surface area contributed by atoms with Crippen LogP contribution in [0, 0.1) is 6.92 Å². The first kappa shape index (κ1) is 15.7.